The van der Waals surface area contributed by atoms with Crippen LogP contribution < -0.4 is 21.1 Å². The molecular formula is C36H48N7O10P. The van der Waals surface area contributed by atoms with Gasteiger partial charge in [-0.1, -0.05) is 45.9 Å². The first-order chi connectivity index (χ1) is 25.6. The number of carbonyl (C=O) groups excluding carboxylic acids is 3. The number of benzene rings is 1. The van der Waals surface area contributed by atoms with Crippen molar-refractivity contribution in [1.29, 1.82) is 5.26 Å². The largest absolute Gasteiger partial charge is 0.464 e. The van der Waals surface area contributed by atoms with Crippen molar-refractivity contribution in [3.05, 3.63) is 54.5 Å². The Bertz CT molecular complexity index is 1880. The number of ether oxygens (including phenoxy) is 4. The standard InChI is InChI=1S/C36H48N7O10P/c1-21(2)33(44)50-30-29(27-15-16-28-32(39)40-20-41-43(27)28)52-36(18-37,31(30)51-34(45)22(3)4)19-49-54(47,53-26-9-7-6-8-10-26)42-23(5)35(46)48-17-24-11-13-25(38)14-12-24/h6-10,15-16,20-25,29-31H,11-14,17,19,38H2,1-5H3,(H,42,47)(H2,39,40,41)/t23-,24?,25?,29-,30-,31-,36+,54+/m0/s1. The molecule has 17 nitrogen and oxygen atoms in total. The van der Waals surface area contributed by atoms with Crippen LogP contribution in [0.5, 0.6) is 5.75 Å². The molecule has 5 N–H and O–H groups in total. The van der Waals surface area contributed by atoms with Crippen molar-refractivity contribution in [3.63, 3.8) is 0 Å². The lowest BCUT2D eigenvalue weighted by atomic mass is 9.87. The van der Waals surface area contributed by atoms with Gasteiger partial charge in [-0.2, -0.15) is 15.4 Å². The summed E-state index contributed by atoms with van der Waals surface area (Å²) in [6.45, 7) is 7.15. The highest BCUT2D eigenvalue weighted by Crippen LogP contribution is 2.50. The van der Waals surface area contributed by atoms with E-state index in [1.165, 1.54) is 29.9 Å². The summed E-state index contributed by atoms with van der Waals surface area (Å²) in [6.07, 6.45) is 0.192. The maximum atomic E-state index is 14.6. The van der Waals surface area contributed by atoms with Crippen LogP contribution in [0.2, 0.25) is 0 Å². The molecule has 0 unspecified atom stereocenters. The number of nitrogens with two attached hydrogens (primary N) is 2. The number of para-hydroxylation sites is 1. The van der Waals surface area contributed by atoms with Crippen molar-refractivity contribution < 1.29 is 46.9 Å². The SMILES string of the molecule is CC(C)C(=O)O[C@H]1[C@H](c2ccc3c(N)ncnn23)O[C@](C#N)(CO[P@](=O)(N[C@@H](C)C(=O)OCC2CCC(N)CC2)Oc2ccccc2)[C@H]1OC(=O)C(C)C. The highest BCUT2D eigenvalue weighted by Gasteiger charge is 2.62. The minimum absolute atomic E-state index is 0.118. The van der Waals surface area contributed by atoms with Gasteiger partial charge in [0.2, 0.25) is 5.60 Å². The molecule has 6 atom stereocenters. The van der Waals surface area contributed by atoms with Gasteiger partial charge in [-0.15, -0.1) is 0 Å². The number of rotatable bonds is 15. The molecule has 1 saturated carbocycles. The van der Waals surface area contributed by atoms with Gasteiger partial charge in [0.05, 0.1) is 24.1 Å². The van der Waals surface area contributed by atoms with E-state index in [1.807, 2.05) is 6.07 Å². The van der Waals surface area contributed by atoms with Gasteiger partial charge in [0, 0.05) is 6.04 Å². The van der Waals surface area contributed by atoms with Crippen molar-refractivity contribution in [2.75, 3.05) is 18.9 Å². The van der Waals surface area contributed by atoms with E-state index in [1.54, 1.807) is 58.0 Å². The molecule has 2 aliphatic rings. The number of fused-ring (bicyclic) bond motifs is 1. The van der Waals surface area contributed by atoms with Crippen molar-refractivity contribution in [1.82, 2.24) is 19.7 Å². The molecule has 0 spiro atoms. The zero-order chi connectivity index (χ0) is 39.2. The average molecular weight is 770 g/mol. The fourth-order valence-corrected chi connectivity index (χ4v) is 7.64. The number of esters is 3. The molecule has 3 aromatic rings. The first kappa shape index (κ1) is 40.6. The summed E-state index contributed by atoms with van der Waals surface area (Å²) in [5.74, 6) is -3.00. The third-order valence-electron chi connectivity index (χ3n) is 9.30. The second-order valence-corrected chi connectivity index (χ2v) is 15.9. The van der Waals surface area contributed by atoms with Crippen LogP contribution in [0, 0.1) is 29.1 Å². The first-order valence-corrected chi connectivity index (χ1v) is 19.5. The molecule has 0 amide bonds. The Hall–Kier alpha value is -4.59. The number of hydrogen-bond acceptors (Lipinski definition) is 15. The van der Waals surface area contributed by atoms with Gasteiger partial charge in [-0.05, 0) is 62.8 Å². The normalized spacial score (nSPS) is 25.8. The van der Waals surface area contributed by atoms with Gasteiger partial charge < -0.3 is 34.9 Å². The molecular weight excluding hydrogens is 721 g/mol. The van der Waals surface area contributed by atoms with E-state index in [4.69, 9.17) is 39.5 Å². The fraction of sp³-hybridized carbons (Fsp3) is 0.556. The van der Waals surface area contributed by atoms with E-state index in [-0.39, 0.29) is 35.8 Å². The van der Waals surface area contributed by atoms with Gasteiger partial charge >= 0.3 is 25.7 Å². The summed E-state index contributed by atoms with van der Waals surface area (Å²) in [5.41, 5.74) is 10.5. The lowest BCUT2D eigenvalue weighted by Gasteiger charge is -2.31. The molecule has 292 valence electrons. The van der Waals surface area contributed by atoms with Crippen molar-refractivity contribution in [2.45, 2.75) is 96.3 Å². The van der Waals surface area contributed by atoms with Gasteiger partial charge in [-0.3, -0.25) is 18.9 Å². The summed E-state index contributed by atoms with van der Waals surface area (Å²) in [4.78, 5) is 43.5. The van der Waals surface area contributed by atoms with E-state index in [9.17, 15) is 24.2 Å². The van der Waals surface area contributed by atoms with Crippen LogP contribution in [0.3, 0.4) is 0 Å². The molecule has 3 heterocycles. The zero-order valence-corrected chi connectivity index (χ0v) is 31.8. The minimum atomic E-state index is -4.58. The van der Waals surface area contributed by atoms with E-state index in [2.05, 4.69) is 15.2 Å². The van der Waals surface area contributed by atoms with Gasteiger partial charge in [-0.25, -0.2) is 14.1 Å². The molecule has 2 aromatic heterocycles. The molecule has 0 bridgehead atoms. The van der Waals surface area contributed by atoms with Crippen molar-refractivity contribution in [2.24, 2.45) is 23.5 Å². The molecule has 1 aliphatic carbocycles. The van der Waals surface area contributed by atoms with E-state index in [0.717, 1.165) is 25.7 Å². The van der Waals surface area contributed by atoms with Crippen LogP contribution in [-0.4, -0.2) is 75.6 Å². The number of hydrogen-bond donors (Lipinski definition) is 3. The Balaban J connectivity index is 1.48. The third-order valence-corrected chi connectivity index (χ3v) is 10.9. The molecule has 1 aliphatic heterocycles. The van der Waals surface area contributed by atoms with E-state index >= 15 is 0 Å². The number of nitrogens with one attached hydrogen (secondary N) is 1. The number of nitrogen functional groups attached to an aromatic ring is 1. The van der Waals surface area contributed by atoms with E-state index in [0.29, 0.717) is 5.52 Å². The van der Waals surface area contributed by atoms with Crippen molar-refractivity contribution in [3.8, 4) is 11.8 Å². The van der Waals surface area contributed by atoms with Gasteiger partial charge in [0.25, 0.3) is 0 Å². The molecule has 5 rings (SSSR count). The number of carbonyl (C=O) groups is 3. The minimum Gasteiger partial charge on any atom is -0.464 e. The predicted molar refractivity (Wildman–Crippen MR) is 193 cm³/mol. The second kappa shape index (κ2) is 17.3. The molecule has 0 radical (unpaired) electrons. The Morgan fingerprint density at radius 2 is 1.69 bits per heavy atom. The van der Waals surface area contributed by atoms with Crippen LogP contribution in [0.25, 0.3) is 5.52 Å². The average Bonchev–Trinajstić information content (AvgIpc) is 3.70. The van der Waals surface area contributed by atoms with Crippen LogP contribution >= 0.6 is 7.75 Å². The summed E-state index contributed by atoms with van der Waals surface area (Å²) >= 11 is 0. The lowest BCUT2D eigenvalue weighted by Crippen LogP contribution is -2.50. The summed E-state index contributed by atoms with van der Waals surface area (Å²) < 4.78 is 51.6. The van der Waals surface area contributed by atoms with Crippen LogP contribution in [0.15, 0.2) is 48.8 Å². The van der Waals surface area contributed by atoms with Gasteiger partial charge in [0.15, 0.2) is 18.0 Å². The highest BCUT2D eigenvalue weighted by molar-refractivity contribution is 7.52. The number of nitrogens with zero attached hydrogens (tertiary/aromatic N) is 4. The Morgan fingerprint density at radius 3 is 2.33 bits per heavy atom. The smallest absolute Gasteiger partial charge is 0.459 e. The summed E-state index contributed by atoms with van der Waals surface area (Å²) in [7, 11) is -4.58. The summed E-state index contributed by atoms with van der Waals surface area (Å²) in [6, 6.07) is 12.2. The Morgan fingerprint density at radius 1 is 1.02 bits per heavy atom. The van der Waals surface area contributed by atoms with E-state index < -0.39 is 74.1 Å². The molecule has 54 heavy (non-hydrogen) atoms. The third kappa shape index (κ3) is 9.37. The molecule has 1 saturated heterocycles. The number of anilines is 1. The second-order valence-electron chi connectivity index (χ2n) is 14.2. The fourth-order valence-electron chi connectivity index (χ4n) is 6.12. The van der Waals surface area contributed by atoms with Crippen molar-refractivity contribution >= 4 is 37.0 Å². The maximum Gasteiger partial charge on any atom is 0.459 e. The van der Waals surface area contributed by atoms with Crippen LogP contribution in [-0.2, 0) is 42.4 Å². The monoisotopic (exact) mass is 769 g/mol. The Labute approximate surface area is 313 Å². The number of nitriles is 1. The number of aromatic nitrogens is 3. The zero-order valence-electron chi connectivity index (χ0n) is 31.0. The quantitative estimate of drug-likeness (QED) is 0.112. The Kier molecular flexibility index (Phi) is 13.0. The molecule has 1 aromatic carbocycles. The lowest BCUT2D eigenvalue weighted by molar-refractivity contribution is -0.173. The first-order valence-electron chi connectivity index (χ1n) is 17.9. The molecule has 18 heteroatoms. The van der Waals surface area contributed by atoms with Crippen LogP contribution in [0.4, 0.5) is 5.82 Å². The van der Waals surface area contributed by atoms with Gasteiger partial charge in [0.1, 0.15) is 42.4 Å². The summed E-state index contributed by atoms with van der Waals surface area (Å²) in [5, 5.41) is 17.8. The highest BCUT2D eigenvalue weighted by atomic mass is 31.2. The predicted octanol–water partition coefficient (Wildman–Crippen LogP) is 4.02. The molecule has 2 fully saturated rings. The topological polar surface area (TPSA) is 242 Å². The van der Waals surface area contributed by atoms with Crippen LogP contribution in [0.1, 0.15) is 72.1 Å². The maximum absolute atomic E-state index is 14.6.